The van der Waals surface area contributed by atoms with Crippen molar-refractivity contribution >= 4 is 17.9 Å². The van der Waals surface area contributed by atoms with Crippen LogP contribution in [0.15, 0.2) is 24.3 Å². The second-order valence-corrected chi connectivity index (χ2v) is 21.0. The maximum atomic E-state index is 12.9. The zero-order chi connectivity index (χ0) is 50.0. The molecule has 0 N–H and O–H groups in total. The van der Waals surface area contributed by atoms with E-state index in [-0.39, 0.29) is 31.1 Å². The number of carbonyl (C=O) groups excluding carboxylic acids is 3. The molecule has 1 unspecified atom stereocenters. The Morgan fingerprint density at radius 2 is 0.522 bits per heavy atom. The highest BCUT2D eigenvalue weighted by atomic mass is 16.6. The molecule has 0 rings (SSSR count). The van der Waals surface area contributed by atoms with Gasteiger partial charge < -0.3 is 14.2 Å². The average Bonchev–Trinajstić information content (AvgIpc) is 3.35. The van der Waals surface area contributed by atoms with E-state index in [4.69, 9.17) is 14.2 Å². The quantitative estimate of drug-likeness (QED) is 0.0261. The van der Waals surface area contributed by atoms with E-state index in [0.717, 1.165) is 77.0 Å². The molecule has 406 valence electrons. The molecule has 0 spiro atoms. The van der Waals surface area contributed by atoms with E-state index < -0.39 is 6.10 Å². The molecule has 0 fully saturated rings. The van der Waals surface area contributed by atoms with Gasteiger partial charge in [0.25, 0.3) is 0 Å². The van der Waals surface area contributed by atoms with Crippen molar-refractivity contribution < 1.29 is 28.6 Å². The molecule has 0 saturated carbocycles. The molecule has 69 heavy (non-hydrogen) atoms. The third-order valence-electron chi connectivity index (χ3n) is 14.0. The Morgan fingerprint density at radius 1 is 0.290 bits per heavy atom. The zero-order valence-corrected chi connectivity index (χ0v) is 46.6. The predicted octanol–water partition coefficient (Wildman–Crippen LogP) is 20.7. The number of ether oxygens (including phenoxy) is 3. The molecule has 0 amide bonds. The molecule has 0 aliphatic carbocycles. The SMILES string of the molecule is CCCCC/C=C\C/C=C\CCCCCCCC(=O)OC(COC(=O)CCCCCCCCCCCCCCCCC)COC(=O)CCCCCCCCCCCCCCCCCCCCCCC. The number of hydrogen-bond donors (Lipinski definition) is 0. The maximum Gasteiger partial charge on any atom is 0.306 e. The monoisotopic (exact) mass is 971 g/mol. The van der Waals surface area contributed by atoms with Crippen LogP contribution in [0, 0.1) is 0 Å². The lowest BCUT2D eigenvalue weighted by Crippen LogP contribution is -2.30. The van der Waals surface area contributed by atoms with E-state index in [9.17, 15) is 14.4 Å². The van der Waals surface area contributed by atoms with Crippen LogP contribution in [0.4, 0.5) is 0 Å². The lowest BCUT2D eigenvalue weighted by Gasteiger charge is -2.18. The van der Waals surface area contributed by atoms with E-state index in [1.807, 2.05) is 0 Å². The molecule has 1 atom stereocenters. The maximum absolute atomic E-state index is 12.9. The van der Waals surface area contributed by atoms with Crippen molar-refractivity contribution in [2.75, 3.05) is 13.2 Å². The Balaban J connectivity index is 4.29. The first-order valence-corrected chi connectivity index (χ1v) is 30.8. The van der Waals surface area contributed by atoms with Crippen molar-refractivity contribution in [3.05, 3.63) is 24.3 Å². The Kier molecular flexibility index (Phi) is 56.7. The van der Waals surface area contributed by atoms with E-state index >= 15 is 0 Å². The van der Waals surface area contributed by atoms with Gasteiger partial charge in [-0.25, -0.2) is 0 Å². The van der Waals surface area contributed by atoms with Gasteiger partial charge in [0.15, 0.2) is 6.10 Å². The number of hydrogen-bond acceptors (Lipinski definition) is 6. The Bertz CT molecular complexity index is 1110. The standard InChI is InChI=1S/C63H118O6/c1-4-7-10-13-16-19-22-25-28-29-30-31-32-33-36-38-41-44-47-50-53-56-62(65)68-59-60(69-63(66)57-54-51-48-45-42-39-35-27-24-21-18-15-12-9-6-3)58-67-61(64)55-52-49-46-43-40-37-34-26-23-20-17-14-11-8-5-2/h18,21,27,35,60H,4-17,19-20,22-26,28-34,36-59H2,1-3H3/b21-18-,35-27-. The van der Waals surface area contributed by atoms with Crippen molar-refractivity contribution in [2.45, 2.75) is 348 Å². The van der Waals surface area contributed by atoms with Crippen LogP contribution < -0.4 is 0 Å². The topological polar surface area (TPSA) is 78.9 Å². The van der Waals surface area contributed by atoms with Crippen molar-refractivity contribution in [1.82, 2.24) is 0 Å². The van der Waals surface area contributed by atoms with Gasteiger partial charge in [0, 0.05) is 19.3 Å². The second kappa shape index (κ2) is 58.5. The molecule has 0 aromatic rings. The van der Waals surface area contributed by atoms with Gasteiger partial charge in [-0.05, 0) is 51.4 Å². The van der Waals surface area contributed by atoms with Crippen LogP contribution in [-0.2, 0) is 28.6 Å². The van der Waals surface area contributed by atoms with Crippen molar-refractivity contribution in [2.24, 2.45) is 0 Å². The number of allylic oxidation sites excluding steroid dienone is 4. The predicted molar refractivity (Wildman–Crippen MR) is 298 cm³/mol. The van der Waals surface area contributed by atoms with E-state index in [1.54, 1.807) is 0 Å². The fourth-order valence-corrected chi connectivity index (χ4v) is 9.30. The molecule has 0 bridgehead atoms. The minimum absolute atomic E-state index is 0.0712. The summed E-state index contributed by atoms with van der Waals surface area (Å²) < 4.78 is 16.9. The summed E-state index contributed by atoms with van der Waals surface area (Å²) in [6, 6.07) is 0. The molecule has 0 aliphatic rings. The summed E-state index contributed by atoms with van der Waals surface area (Å²) in [5.74, 6) is -0.860. The van der Waals surface area contributed by atoms with Crippen LogP contribution in [0.1, 0.15) is 342 Å². The fourth-order valence-electron chi connectivity index (χ4n) is 9.30. The van der Waals surface area contributed by atoms with E-state index in [2.05, 4.69) is 45.1 Å². The molecule has 6 heteroatoms. The number of rotatable bonds is 57. The molecular formula is C63H118O6. The lowest BCUT2D eigenvalue weighted by atomic mass is 10.0. The molecule has 0 aromatic heterocycles. The second-order valence-electron chi connectivity index (χ2n) is 21.0. The van der Waals surface area contributed by atoms with Gasteiger partial charge in [-0.1, -0.05) is 295 Å². The van der Waals surface area contributed by atoms with Crippen LogP contribution in [-0.4, -0.2) is 37.2 Å². The van der Waals surface area contributed by atoms with Crippen LogP contribution in [0.25, 0.3) is 0 Å². The van der Waals surface area contributed by atoms with Gasteiger partial charge in [0.05, 0.1) is 0 Å². The highest BCUT2D eigenvalue weighted by molar-refractivity contribution is 5.71. The van der Waals surface area contributed by atoms with Crippen molar-refractivity contribution in [3.8, 4) is 0 Å². The van der Waals surface area contributed by atoms with Crippen molar-refractivity contribution in [1.29, 1.82) is 0 Å². The number of unbranched alkanes of at least 4 members (excludes halogenated alkanes) is 42. The molecular weight excluding hydrogens is 853 g/mol. The summed E-state index contributed by atoms with van der Waals surface area (Å²) in [6.07, 6.45) is 68.9. The Labute approximate surface area is 430 Å². The Hall–Kier alpha value is -2.11. The van der Waals surface area contributed by atoms with Crippen LogP contribution >= 0.6 is 0 Å². The summed E-state index contributed by atoms with van der Waals surface area (Å²) in [7, 11) is 0. The summed E-state index contributed by atoms with van der Waals surface area (Å²) in [5.41, 5.74) is 0. The zero-order valence-electron chi connectivity index (χ0n) is 46.6. The number of carbonyl (C=O) groups is 3. The third kappa shape index (κ3) is 56.7. The van der Waals surface area contributed by atoms with Gasteiger partial charge >= 0.3 is 17.9 Å². The van der Waals surface area contributed by atoms with E-state index in [1.165, 1.54) is 225 Å². The van der Waals surface area contributed by atoms with Crippen LogP contribution in [0.5, 0.6) is 0 Å². The third-order valence-corrected chi connectivity index (χ3v) is 14.0. The molecule has 6 nitrogen and oxygen atoms in total. The summed E-state index contributed by atoms with van der Waals surface area (Å²) in [4.78, 5) is 38.2. The minimum atomic E-state index is -0.774. The van der Waals surface area contributed by atoms with Gasteiger partial charge in [-0.2, -0.15) is 0 Å². The minimum Gasteiger partial charge on any atom is -0.462 e. The number of esters is 3. The van der Waals surface area contributed by atoms with Gasteiger partial charge in [-0.15, -0.1) is 0 Å². The van der Waals surface area contributed by atoms with Crippen LogP contribution in [0.2, 0.25) is 0 Å². The highest BCUT2D eigenvalue weighted by Crippen LogP contribution is 2.18. The average molecular weight is 972 g/mol. The molecule has 0 saturated heterocycles. The summed E-state index contributed by atoms with van der Waals surface area (Å²) in [5, 5.41) is 0. The smallest absolute Gasteiger partial charge is 0.306 e. The highest BCUT2D eigenvalue weighted by Gasteiger charge is 2.19. The molecule has 0 aliphatic heterocycles. The first-order valence-electron chi connectivity index (χ1n) is 30.8. The normalized spacial score (nSPS) is 12.1. The van der Waals surface area contributed by atoms with E-state index in [0.29, 0.717) is 19.3 Å². The molecule has 0 heterocycles. The fraction of sp³-hybridized carbons (Fsp3) is 0.889. The Morgan fingerprint density at radius 3 is 0.826 bits per heavy atom. The van der Waals surface area contributed by atoms with Crippen LogP contribution in [0.3, 0.4) is 0 Å². The van der Waals surface area contributed by atoms with Gasteiger partial charge in [0.1, 0.15) is 13.2 Å². The van der Waals surface area contributed by atoms with Gasteiger partial charge in [-0.3, -0.25) is 14.4 Å². The molecule has 0 radical (unpaired) electrons. The largest absolute Gasteiger partial charge is 0.462 e. The summed E-state index contributed by atoms with van der Waals surface area (Å²) >= 11 is 0. The van der Waals surface area contributed by atoms with Crippen molar-refractivity contribution in [3.63, 3.8) is 0 Å². The first-order chi connectivity index (χ1) is 34.0. The molecule has 0 aromatic carbocycles. The van der Waals surface area contributed by atoms with Gasteiger partial charge in [0.2, 0.25) is 0 Å². The lowest BCUT2D eigenvalue weighted by molar-refractivity contribution is -0.167. The first kappa shape index (κ1) is 66.9. The summed E-state index contributed by atoms with van der Waals surface area (Å²) in [6.45, 7) is 6.67.